The van der Waals surface area contributed by atoms with E-state index in [2.05, 4.69) is 15.7 Å². The highest BCUT2D eigenvalue weighted by atomic mass is 16.1. The van der Waals surface area contributed by atoms with E-state index in [1.54, 1.807) is 18.3 Å². The van der Waals surface area contributed by atoms with E-state index in [0.717, 1.165) is 18.9 Å². The van der Waals surface area contributed by atoms with Gasteiger partial charge in [0.1, 0.15) is 5.69 Å². The molecule has 4 N–H and O–H groups in total. The van der Waals surface area contributed by atoms with E-state index in [1.165, 1.54) is 25.7 Å². The molecule has 0 bridgehead atoms. The summed E-state index contributed by atoms with van der Waals surface area (Å²) in [7, 11) is 0. The van der Waals surface area contributed by atoms with Crippen LogP contribution in [0.2, 0.25) is 0 Å². The van der Waals surface area contributed by atoms with E-state index >= 15 is 0 Å². The quantitative estimate of drug-likeness (QED) is 0.547. The smallest absolute Gasteiger partial charge is 0.269 e. The van der Waals surface area contributed by atoms with Crippen molar-refractivity contribution in [1.29, 1.82) is 0 Å². The van der Waals surface area contributed by atoms with Crippen LogP contribution >= 0.6 is 0 Å². The van der Waals surface area contributed by atoms with Gasteiger partial charge in [0.2, 0.25) is 0 Å². The number of nitrogens with one attached hydrogen (secondary N) is 2. The molecule has 0 aromatic carbocycles. The summed E-state index contributed by atoms with van der Waals surface area (Å²) in [5.74, 6) is 5.91. The van der Waals surface area contributed by atoms with Crippen molar-refractivity contribution < 1.29 is 4.79 Å². The number of aromatic nitrogens is 1. The van der Waals surface area contributed by atoms with E-state index in [4.69, 9.17) is 5.84 Å². The van der Waals surface area contributed by atoms with Crippen LogP contribution in [0.1, 0.15) is 42.6 Å². The molecule has 0 saturated heterocycles. The number of hydrogen-bond acceptors (Lipinski definition) is 4. The molecule has 1 fully saturated rings. The summed E-state index contributed by atoms with van der Waals surface area (Å²) in [6.45, 7) is 0.738. The molecule has 1 aliphatic carbocycles. The fraction of sp³-hybridized carbons (Fsp3) is 0.538. The molecule has 1 aromatic rings. The number of carbonyl (C=O) groups excluding carboxylic acids is 1. The Kier molecular flexibility index (Phi) is 4.52. The fourth-order valence-corrected chi connectivity index (χ4v) is 2.39. The average Bonchev–Trinajstić information content (AvgIpc) is 2.92. The molecule has 1 aromatic heterocycles. The molecule has 98 valence electrons. The summed E-state index contributed by atoms with van der Waals surface area (Å²) in [6, 6.07) is 3.40. The zero-order valence-corrected chi connectivity index (χ0v) is 10.5. The van der Waals surface area contributed by atoms with Crippen LogP contribution in [0.5, 0.6) is 0 Å². The third-order valence-electron chi connectivity index (χ3n) is 3.48. The lowest BCUT2D eigenvalue weighted by Crippen LogP contribution is -2.26. The molecule has 1 heterocycles. The predicted octanol–water partition coefficient (Wildman–Crippen LogP) is 1.68. The summed E-state index contributed by atoms with van der Waals surface area (Å²) >= 11 is 0. The van der Waals surface area contributed by atoms with E-state index in [1.807, 2.05) is 0 Å². The highest BCUT2D eigenvalue weighted by Crippen LogP contribution is 2.26. The normalized spacial score (nSPS) is 15.6. The first kappa shape index (κ1) is 12.8. The maximum atomic E-state index is 11.8. The van der Waals surface area contributed by atoms with Crippen molar-refractivity contribution in [2.24, 2.45) is 11.8 Å². The molecule has 1 saturated carbocycles. The minimum absolute atomic E-state index is 0.114. The van der Waals surface area contributed by atoms with E-state index < -0.39 is 0 Å². The number of nitrogens with zero attached hydrogens (tertiary/aromatic N) is 1. The van der Waals surface area contributed by atoms with Crippen molar-refractivity contribution in [1.82, 2.24) is 10.3 Å². The number of carbonyl (C=O) groups is 1. The maximum Gasteiger partial charge on any atom is 0.269 e. The average molecular weight is 248 g/mol. The molecule has 5 nitrogen and oxygen atoms in total. The number of rotatable bonds is 5. The van der Waals surface area contributed by atoms with Crippen molar-refractivity contribution in [3.8, 4) is 0 Å². The van der Waals surface area contributed by atoms with Crippen LogP contribution in [0.25, 0.3) is 0 Å². The summed E-state index contributed by atoms with van der Waals surface area (Å²) in [6.07, 6.45) is 7.93. The fourth-order valence-electron chi connectivity index (χ4n) is 2.39. The van der Waals surface area contributed by atoms with Crippen molar-refractivity contribution in [3.63, 3.8) is 0 Å². The number of hydrogen-bond donors (Lipinski definition) is 3. The van der Waals surface area contributed by atoms with Gasteiger partial charge in [0.05, 0.1) is 11.9 Å². The van der Waals surface area contributed by atoms with Gasteiger partial charge in [0.15, 0.2) is 0 Å². The number of hydrazine groups is 1. The van der Waals surface area contributed by atoms with Gasteiger partial charge < -0.3 is 10.7 Å². The number of nitrogen functional groups attached to an aromatic ring is 1. The van der Waals surface area contributed by atoms with Gasteiger partial charge in [-0.3, -0.25) is 10.6 Å². The molecule has 0 radical (unpaired) electrons. The topological polar surface area (TPSA) is 80.0 Å². The zero-order valence-electron chi connectivity index (χ0n) is 10.5. The van der Waals surface area contributed by atoms with Crippen molar-refractivity contribution in [3.05, 3.63) is 24.0 Å². The Morgan fingerprint density at radius 2 is 2.17 bits per heavy atom. The minimum atomic E-state index is -0.114. The summed E-state index contributed by atoms with van der Waals surface area (Å²) in [5, 5.41) is 2.91. The lowest BCUT2D eigenvalue weighted by molar-refractivity contribution is 0.0946. The van der Waals surface area contributed by atoms with Gasteiger partial charge in [-0.1, -0.05) is 25.7 Å². The molecule has 18 heavy (non-hydrogen) atoms. The first-order valence-electron chi connectivity index (χ1n) is 6.50. The lowest BCUT2D eigenvalue weighted by Gasteiger charge is -2.09. The minimum Gasteiger partial charge on any atom is -0.351 e. The summed E-state index contributed by atoms with van der Waals surface area (Å²) in [4.78, 5) is 15.8. The number of pyridine rings is 1. The molecule has 1 aliphatic rings. The second-order valence-corrected chi connectivity index (χ2v) is 4.77. The highest BCUT2D eigenvalue weighted by molar-refractivity contribution is 5.92. The Morgan fingerprint density at radius 1 is 1.39 bits per heavy atom. The van der Waals surface area contributed by atoms with Gasteiger partial charge in [-0.05, 0) is 24.5 Å². The van der Waals surface area contributed by atoms with Gasteiger partial charge in [0, 0.05) is 6.54 Å². The molecule has 0 spiro atoms. The Bertz CT molecular complexity index is 384. The third-order valence-corrected chi connectivity index (χ3v) is 3.48. The van der Waals surface area contributed by atoms with Gasteiger partial charge in [-0.2, -0.15) is 0 Å². The lowest BCUT2D eigenvalue weighted by atomic mass is 10.0. The van der Waals surface area contributed by atoms with Gasteiger partial charge in [0.25, 0.3) is 5.91 Å². The van der Waals surface area contributed by atoms with Gasteiger partial charge in [-0.25, -0.2) is 4.98 Å². The number of amides is 1. The molecule has 1 amide bonds. The number of anilines is 1. The Morgan fingerprint density at radius 3 is 2.78 bits per heavy atom. The van der Waals surface area contributed by atoms with Crippen LogP contribution in [0.15, 0.2) is 18.3 Å². The van der Waals surface area contributed by atoms with Crippen molar-refractivity contribution >= 4 is 11.6 Å². The maximum absolute atomic E-state index is 11.8. The SMILES string of the molecule is NNc1ccc(C(=O)NCCC2CCCC2)nc1. The zero-order chi connectivity index (χ0) is 12.8. The molecule has 0 unspecified atom stereocenters. The Hall–Kier alpha value is -1.62. The van der Waals surface area contributed by atoms with Crippen LogP contribution in [-0.4, -0.2) is 17.4 Å². The van der Waals surface area contributed by atoms with E-state index in [-0.39, 0.29) is 5.91 Å². The van der Waals surface area contributed by atoms with Crippen molar-refractivity contribution in [2.75, 3.05) is 12.0 Å². The first-order valence-corrected chi connectivity index (χ1v) is 6.50. The summed E-state index contributed by atoms with van der Waals surface area (Å²) < 4.78 is 0. The molecule has 2 rings (SSSR count). The van der Waals surface area contributed by atoms with E-state index in [9.17, 15) is 4.79 Å². The molecule has 0 aliphatic heterocycles. The monoisotopic (exact) mass is 248 g/mol. The van der Waals surface area contributed by atoms with Gasteiger partial charge >= 0.3 is 0 Å². The van der Waals surface area contributed by atoms with Crippen LogP contribution in [0, 0.1) is 5.92 Å². The molecular formula is C13H20N4O. The van der Waals surface area contributed by atoms with Crippen molar-refractivity contribution in [2.45, 2.75) is 32.1 Å². The molecular weight excluding hydrogens is 228 g/mol. The van der Waals surface area contributed by atoms with Crippen LogP contribution < -0.4 is 16.6 Å². The standard InChI is InChI=1S/C13H20N4O/c14-17-11-5-6-12(16-9-11)13(18)15-8-7-10-3-1-2-4-10/h5-6,9-10,17H,1-4,7-8,14H2,(H,15,18). The number of nitrogens with two attached hydrogens (primary N) is 1. The second kappa shape index (κ2) is 6.35. The molecule has 0 atom stereocenters. The molecule has 5 heteroatoms. The van der Waals surface area contributed by atoms with Crippen LogP contribution in [0.4, 0.5) is 5.69 Å². The third kappa shape index (κ3) is 3.43. The van der Waals surface area contributed by atoms with Crippen LogP contribution in [0.3, 0.4) is 0 Å². The largest absolute Gasteiger partial charge is 0.351 e. The Labute approximate surface area is 107 Å². The summed E-state index contributed by atoms with van der Waals surface area (Å²) in [5.41, 5.74) is 3.60. The predicted molar refractivity (Wildman–Crippen MR) is 71.0 cm³/mol. The second-order valence-electron chi connectivity index (χ2n) is 4.77. The highest BCUT2D eigenvalue weighted by Gasteiger charge is 2.15. The van der Waals surface area contributed by atoms with Crippen LogP contribution in [-0.2, 0) is 0 Å². The van der Waals surface area contributed by atoms with E-state index in [0.29, 0.717) is 11.4 Å². The first-order chi connectivity index (χ1) is 8.79. The Balaban J connectivity index is 1.76. The van der Waals surface area contributed by atoms with Gasteiger partial charge in [-0.15, -0.1) is 0 Å².